The van der Waals surface area contributed by atoms with Gasteiger partial charge in [-0.3, -0.25) is 9.69 Å². The highest BCUT2D eigenvalue weighted by molar-refractivity contribution is 6.30. The van der Waals surface area contributed by atoms with Crippen LogP contribution in [0.15, 0.2) is 51.8 Å². The standard InChI is InChI=1S/C19H19ClN4O4/c20-15-1-3-16(4-2-15)27-13-18(25)24-8-6-23(7-9-24)11-17-21-19(28-22-17)14-5-10-26-12-14/h1-5,10,12H,6-9,11,13H2. The number of aromatic nitrogens is 2. The number of ether oxygens (including phenoxy) is 1. The zero-order valence-corrected chi connectivity index (χ0v) is 15.8. The van der Waals surface area contributed by atoms with E-state index in [-0.39, 0.29) is 12.5 Å². The summed E-state index contributed by atoms with van der Waals surface area (Å²) in [5.74, 6) is 1.65. The Hall–Kier alpha value is -2.84. The Morgan fingerprint density at radius 1 is 1.14 bits per heavy atom. The van der Waals surface area contributed by atoms with E-state index in [1.807, 2.05) is 0 Å². The number of halogens is 1. The van der Waals surface area contributed by atoms with Gasteiger partial charge in [-0.1, -0.05) is 16.8 Å². The lowest BCUT2D eigenvalue weighted by Crippen LogP contribution is -2.49. The van der Waals surface area contributed by atoms with Crippen LogP contribution in [0.5, 0.6) is 5.75 Å². The van der Waals surface area contributed by atoms with Gasteiger partial charge in [0.1, 0.15) is 12.0 Å². The molecule has 9 heteroatoms. The first-order chi connectivity index (χ1) is 13.7. The van der Waals surface area contributed by atoms with Crippen LogP contribution >= 0.6 is 11.6 Å². The predicted molar refractivity (Wildman–Crippen MR) is 101 cm³/mol. The monoisotopic (exact) mass is 402 g/mol. The van der Waals surface area contributed by atoms with E-state index in [2.05, 4.69) is 15.0 Å². The molecule has 0 spiro atoms. The number of rotatable bonds is 6. The molecule has 0 atom stereocenters. The van der Waals surface area contributed by atoms with Crippen molar-refractivity contribution in [2.75, 3.05) is 32.8 Å². The van der Waals surface area contributed by atoms with Crippen molar-refractivity contribution >= 4 is 17.5 Å². The largest absolute Gasteiger partial charge is 0.484 e. The average Bonchev–Trinajstić information content (AvgIpc) is 3.40. The number of carbonyl (C=O) groups excluding carboxylic acids is 1. The lowest BCUT2D eigenvalue weighted by atomic mass is 10.3. The molecule has 3 aromatic rings. The van der Waals surface area contributed by atoms with Gasteiger partial charge in [0.25, 0.3) is 11.8 Å². The number of hydrogen-bond donors (Lipinski definition) is 0. The SMILES string of the molecule is O=C(COc1ccc(Cl)cc1)N1CCN(Cc2noc(-c3ccoc3)n2)CC1. The molecule has 1 fully saturated rings. The Bertz CT molecular complexity index is 902. The molecule has 0 radical (unpaired) electrons. The van der Waals surface area contributed by atoms with Gasteiger partial charge in [-0.25, -0.2) is 0 Å². The number of amides is 1. The van der Waals surface area contributed by atoms with Crippen molar-refractivity contribution < 1.29 is 18.5 Å². The van der Waals surface area contributed by atoms with Gasteiger partial charge in [-0.05, 0) is 30.3 Å². The molecule has 146 valence electrons. The lowest BCUT2D eigenvalue weighted by molar-refractivity contribution is -0.135. The molecular weight excluding hydrogens is 384 g/mol. The summed E-state index contributed by atoms with van der Waals surface area (Å²) in [4.78, 5) is 20.7. The quantitative estimate of drug-likeness (QED) is 0.626. The first-order valence-electron chi connectivity index (χ1n) is 8.91. The van der Waals surface area contributed by atoms with E-state index < -0.39 is 0 Å². The minimum atomic E-state index is -0.0311. The van der Waals surface area contributed by atoms with E-state index in [0.717, 1.165) is 18.7 Å². The van der Waals surface area contributed by atoms with Crippen molar-refractivity contribution in [2.24, 2.45) is 0 Å². The molecule has 1 aliphatic heterocycles. The Balaban J connectivity index is 1.23. The van der Waals surface area contributed by atoms with Crippen molar-refractivity contribution in [3.05, 3.63) is 53.7 Å². The van der Waals surface area contributed by atoms with E-state index >= 15 is 0 Å². The highest BCUT2D eigenvalue weighted by Gasteiger charge is 2.23. The number of carbonyl (C=O) groups is 1. The maximum absolute atomic E-state index is 12.3. The van der Waals surface area contributed by atoms with Crippen LogP contribution in [-0.4, -0.2) is 58.6 Å². The van der Waals surface area contributed by atoms with Crippen LogP contribution in [0.2, 0.25) is 5.02 Å². The molecule has 0 unspecified atom stereocenters. The molecule has 0 saturated carbocycles. The summed E-state index contributed by atoms with van der Waals surface area (Å²) in [5, 5.41) is 4.64. The Morgan fingerprint density at radius 3 is 2.64 bits per heavy atom. The summed E-state index contributed by atoms with van der Waals surface area (Å²) in [6.07, 6.45) is 3.12. The maximum Gasteiger partial charge on any atom is 0.261 e. The zero-order valence-electron chi connectivity index (χ0n) is 15.1. The van der Waals surface area contributed by atoms with Crippen molar-refractivity contribution in [3.8, 4) is 17.2 Å². The van der Waals surface area contributed by atoms with Gasteiger partial charge >= 0.3 is 0 Å². The van der Waals surface area contributed by atoms with Crippen LogP contribution in [0, 0.1) is 0 Å². The van der Waals surface area contributed by atoms with Gasteiger partial charge in [0.2, 0.25) is 0 Å². The second-order valence-corrected chi connectivity index (χ2v) is 6.86. The Kier molecular flexibility index (Phi) is 5.59. The number of piperazine rings is 1. The number of benzene rings is 1. The minimum absolute atomic E-state index is 0.0144. The first kappa shape index (κ1) is 18.5. The smallest absolute Gasteiger partial charge is 0.261 e. The van der Waals surface area contributed by atoms with Crippen LogP contribution in [0.4, 0.5) is 0 Å². The molecule has 1 aliphatic rings. The molecule has 0 bridgehead atoms. The summed E-state index contributed by atoms with van der Waals surface area (Å²) in [7, 11) is 0. The zero-order chi connectivity index (χ0) is 19.3. The van der Waals surface area contributed by atoms with E-state index in [0.29, 0.717) is 42.1 Å². The molecule has 1 amide bonds. The summed E-state index contributed by atoms with van der Waals surface area (Å²) in [6.45, 7) is 3.33. The van der Waals surface area contributed by atoms with Crippen molar-refractivity contribution in [2.45, 2.75) is 6.54 Å². The molecule has 8 nitrogen and oxygen atoms in total. The Morgan fingerprint density at radius 2 is 1.93 bits per heavy atom. The van der Waals surface area contributed by atoms with E-state index in [9.17, 15) is 4.79 Å². The Labute approximate surface area is 166 Å². The van der Waals surface area contributed by atoms with Crippen molar-refractivity contribution in [3.63, 3.8) is 0 Å². The highest BCUT2D eigenvalue weighted by atomic mass is 35.5. The molecule has 4 rings (SSSR count). The third-order valence-corrected chi connectivity index (χ3v) is 4.75. The van der Waals surface area contributed by atoms with Gasteiger partial charge in [-0.15, -0.1) is 0 Å². The van der Waals surface area contributed by atoms with Crippen LogP contribution in [0.25, 0.3) is 11.5 Å². The molecule has 1 aromatic carbocycles. The van der Waals surface area contributed by atoms with Crippen LogP contribution in [-0.2, 0) is 11.3 Å². The third-order valence-electron chi connectivity index (χ3n) is 4.50. The normalized spacial score (nSPS) is 15.0. The van der Waals surface area contributed by atoms with Crippen molar-refractivity contribution in [1.29, 1.82) is 0 Å². The van der Waals surface area contributed by atoms with Crippen LogP contribution in [0.3, 0.4) is 0 Å². The fourth-order valence-electron chi connectivity index (χ4n) is 2.94. The second kappa shape index (κ2) is 8.45. The predicted octanol–water partition coefficient (Wildman–Crippen LogP) is 2.71. The fraction of sp³-hybridized carbons (Fsp3) is 0.316. The van der Waals surface area contributed by atoms with Crippen LogP contribution in [0.1, 0.15) is 5.82 Å². The average molecular weight is 403 g/mol. The van der Waals surface area contributed by atoms with E-state index in [1.165, 1.54) is 0 Å². The second-order valence-electron chi connectivity index (χ2n) is 6.43. The van der Waals surface area contributed by atoms with E-state index in [1.54, 1.807) is 47.8 Å². The molecule has 0 aliphatic carbocycles. The summed E-state index contributed by atoms with van der Waals surface area (Å²) >= 11 is 5.84. The van der Waals surface area contributed by atoms with Gasteiger partial charge in [-0.2, -0.15) is 4.98 Å². The molecule has 0 N–H and O–H groups in total. The summed E-state index contributed by atoms with van der Waals surface area (Å²) in [6, 6.07) is 8.73. The molecule has 28 heavy (non-hydrogen) atoms. The minimum Gasteiger partial charge on any atom is -0.484 e. The maximum atomic E-state index is 12.3. The van der Waals surface area contributed by atoms with E-state index in [4.69, 9.17) is 25.3 Å². The molecule has 3 heterocycles. The number of nitrogens with zero attached hydrogens (tertiary/aromatic N) is 4. The van der Waals surface area contributed by atoms with Gasteiger partial charge in [0, 0.05) is 31.2 Å². The van der Waals surface area contributed by atoms with Gasteiger partial charge in [0.05, 0.1) is 18.4 Å². The van der Waals surface area contributed by atoms with Gasteiger partial charge < -0.3 is 18.6 Å². The third kappa shape index (κ3) is 4.52. The fourth-order valence-corrected chi connectivity index (χ4v) is 3.07. The number of hydrogen-bond acceptors (Lipinski definition) is 7. The first-order valence-corrected chi connectivity index (χ1v) is 9.29. The molecular formula is C19H19ClN4O4. The van der Waals surface area contributed by atoms with Crippen molar-refractivity contribution in [1.82, 2.24) is 19.9 Å². The summed E-state index contributed by atoms with van der Waals surface area (Å²) < 4.78 is 15.8. The summed E-state index contributed by atoms with van der Waals surface area (Å²) in [5.41, 5.74) is 0.759. The highest BCUT2D eigenvalue weighted by Crippen LogP contribution is 2.18. The van der Waals surface area contributed by atoms with Crippen LogP contribution < -0.4 is 4.74 Å². The molecule has 1 saturated heterocycles. The molecule has 2 aromatic heterocycles. The number of furan rings is 1. The topological polar surface area (TPSA) is 84.8 Å². The van der Waals surface area contributed by atoms with Gasteiger partial charge in [0.15, 0.2) is 12.4 Å². The lowest BCUT2D eigenvalue weighted by Gasteiger charge is -2.33.